The van der Waals surface area contributed by atoms with Crippen molar-refractivity contribution < 1.29 is 14.3 Å². The molecule has 3 fully saturated rings. The number of aldehydes is 2. The summed E-state index contributed by atoms with van der Waals surface area (Å²) in [6.45, 7) is 9.53. The molecule has 0 bridgehead atoms. The maximum atomic E-state index is 11.4. The van der Waals surface area contributed by atoms with Gasteiger partial charge in [0.05, 0.1) is 11.7 Å². The number of rotatable bonds is 3. The first-order valence-electron chi connectivity index (χ1n) is 9.05. The summed E-state index contributed by atoms with van der Waals surface area (Å²) in [6, 6.07) is 0. The summed E-state index contributed by atoms with van der Waals surface area (Å²) in [5.74, 6) is 1.19. The molecule has 0 spiro atoms. The number of allylic oxidation sites excluding steroid dienone is 1. The molecule has 3 nitrogen and oxygen atoms in total. The van der Waals surface area contributed by atoms with Crippen LogP contribution in [-0.2, 0) is 14.3 Å². The second kappa shape index (κ2) is 5.54. The van der Waals surface area contributed by atoms with Crippen LogP contribution in [0.1, 0.15) is 66.2 Å². The highest BCUT2D eigenvalue weighted by Crippen LogP contribution is 2.65. The van der Waals surface area contributed by atoms with Gasteiger partial charge in [-0.15, -0.1) is 0 Å². The van der Waals surface area contributed by atoms with Crippen LogP contribution in [0.4, 0.5) is 0 Å². The zero-order valence-corrected chi connectivity index (χ0v) is 14.9. The molecule has 0 aromatic rings. The highest BCUT2D eigenvalue weighted by Gasteiger charge is 2.62. The average molecular weight is 318 g/mol. The highest BCUT2D eigenvalue weighted by atomic mass is 16.5. The Labute approximate surface area is 139 Å². The minimum Gasteiger partial charge on any atom is -0.367 e. The summed E-state index contributed by atoms with van der Waals surface area (Å²) in [5, 5.41) is 0. The second-order valence-corrected chi connectivity index (χ2v) is 9.07. The van der Waals surface area contributed by atoms with Crippen LogP contribution < -0.4 is 0 Å². The Kier molecular flexibility index (Phi) is 4.07. The number of hydrogen-bond acceptors (Lipinski definition) is 3. The predicted molar refractivity (Wildman–Crippen MR) is 90.1 cm³/mol. The smallest absolute Gasteiger partial charge is 0.148 e. The highest BCUT2D eigenvalue weighted by molar-refractivity contribution is 5.83. The lowest BCUT2D eigenvalue weighted by Gasteiger charge is -2.60. The van der Waals surface area contributed by atoms with Gasteiger partial charge < -0.3 is 4.74 Å². The summed E-state index contributed by atoms with van der Waals surface area (Å²) in [5.41, 5.74) is 1.01. The van der Waals surface area contributed by atoms with Crippen molar-refractivity contribution in [3.8, 4) is 0 Å². The Morgan fingerprint density at radius 1 is 1.04 bits per heavy atom. The van der Waals surface area contributed by atoms with Crippen LogP contribution in [0.5, 0.6) is 0 Å². The van der Waals surface area contributed by atoms with Crippen LogP contribution in [0, 0.1) is 22.7 Å². The van der Waals surface area contributed by atoms with E-state index in [2.05, 4.69) is 27.7 Å². The fourth-order valence-corrected chi connectivity index (χ4v) is 6.36. The summed E-state index contributed by atoms with van der Waals surface area (Å²) >= 11 is 0. The van der Waals surface area contributed by atoms with Crippen LogP contribution in [0.25, 0.3) is 0 Å². The second-order valence-electron chi connectivity index (χ2n) is 9.07. The van der Waals surface area contributed by atoms with Gasteiger partial charge in [0.15, 0.2) is 0 Å². The molecule has 128 valence electrons. The molecule has 3 rings (SSSR count). The van der Waals surface area contributed by atoms with E-state index in [1.165, 1.54) is 31.8 Å². The summed E-state index contributed by atoms with van der Waals surface area (Å²) < 4.78 is 6.38. The van der Waals surface area contributed by atoms with Gasteiger partial charge in [0.25, 0.3) is 0 Å². The monoisotopic (exact) mass is 318 g/mol. The van der Waals surface area contributed by atoms with Crippen molar-refractivity contribution >= 4 is 12.6 Å². The van der Waals surface area contributed by atoms with Gasteiger partial charge in [-0.05, 0) is 67.8 Å². The lowest BCUT2D eigenvalue weighted by molar-refractivity contribution is -0.152. The molecule has 2 aliphatic carbocycles. The lowest BCUT2D eigenvalue weighted by Crippen LogP contribution is -2.55. The van der Waals surface area contributed by atoms with E-state index in [1.807, 2.05) is 0 Å². The normalized spacial score (nSPS) is 45.9. The molecule has 0 N–H and O–H groups in total. The first-order valence-corrected chi connectivity index (χ1v) is 9.05. The number of carbonyl (C=O) groups excluding carboxylic acids is 2. The molecular weight excluding hydrogens is 288 g/mol. The van der Waals surface area contributed by atoms with E-state index in [0.29, 0.717) is 23.2 Å². The molecule has 23 heavy (non-hydrogen) atoms. The number of fused-ring (bicyclic) bond motifs is 3. The first-order chi connectivity index (χ1) is 10.8. The van der Waals surface area contributed by atoms with Gasteiger partial charge in [-0.2, -0.15) is 0 Å². The van der Waals surface area contributed by atoms with Gasteiger partial charge in [0.1, 0.15) is 12.6 Å². The van der Waals surface area contributed by atoms with Crippen LogP contribution in [0.2, 0.25) is 0 Å². The van der Waals surface area contributed by atoms with Crippen molar-refractivity contribution in [2.24, 2.45) is 22.7 Å². The molecule has 1 heterocycles. The van der Waals surface area contributed by atoms with E-state index in [0.717, 1.165) is 25.0 Å². The first kappa shape index (κ1) is 16.9. The third-order valence-electron chi connectivity index (χ3n) is 7.37. The molecule has 2 saturated carbocycles. The number of hydrogen-bond donors (Lipinski definition) is 0. The molecule has 0 aromatic heterocycles. The molecule has 1 saturated heterocycles. The van der Waals surface area contributed by atoms with Crippen LogP contribution in [0.15, 0.2) is 11.6 Å². The van der Waals surface area contributed by atoms with Gasteiger partial charge in [0, 0.05) is 5.57 Å². The topological polar surface area (TPSA) is 43.4 Å². The summed E-state index contributed by atoms with van der Waals surface area (Å²) in [7, 11) is 0. The molecule has 0 amide bonds. The van der Waals surface area contributed by atoms with Gasteiger partial charge in [-0.1, -0.05) is 27.2 Å². The van der Waals surface area contributed by atoms with Crippen molar-refractivity contribution in [1.82, 2.24) is 0 Å². The zero-order valence-electron chi connectivity index (χ0n) is 14.9. The molecule has 1 aliphatic heterocycles. The van der Waals surface area contributed by atoms with Gasteiger partial charge >= 0.3 is 0 Å². The zero-order chi connectivity index (χ0) is 16.9. The minimum atomic E-state index is -0.215. The fraction of sp³-hybridized carbons (Fsp3) is 0.800. The van der Waals surface area contributed by atoms with E-state index < -0.39 is 0 Å². The maximum absolute atomic E-state index is 11.4. The summed E-state index contributed by atoms with van der Waals surface area (Å²) in [4.78, 5) is 22.2. The van der Waals surface area contributed by atoms with E-state index in [4.69, 9.17) is 4.74 Å². The maximum Gasteiger partial charge on any atom is 0.148 e. The van der Waals surface area contributed by atoms with Crippen molar-refractivity contribution in [3.05, 3.63) is 11.6 Å². The Morgan fingerprint density at radius 3 is 2.43 bits per heavy atom. The third-order valence-corrected chi connectivity index (χ3v) is 7.37. The molecule has 5 atom stereocenters. The summed E-state index contributed by atoms with van der Waals surface area (Å²) in [6.07, 6.45) is 9.64. The minimum absolute atomic E-state index is 0.158. The predicted octanol–water partition coefficient (Wildman–Crippen LogP) is 4.10. The van der Waals surface area contributed by atoms with Gasteiger partial charge in [0.2, 0.25) is 0 Å². The Balaban J connectivity index is 1.94. The van der Waals surface area contributed by atoms with Crippen molar-refractivity contribution in [2.75, 3.05) is 0 Å². The molecular formula is C20H30O3. The van der Waals surface area contributed by atoms with E-state index in [1.54, 1.807) is 0 Å². The Bertz CT molecular complexity index is 535. The third kappa shape index (κ3) is 2.52. The van der Waals surface area contributed by atoms with Crippen molar-refractivity contribution in [2.45, 2.75) is 77.9 Å². The van der Waals surface area contributed by atoms with Crippen molar-refractivity contribution in [1.29, 1.82) is 0 Å². The standard InChI is InChI=1S/C20H30O3/c1-18(2)8-5-9-19(3)16(18)6-10-20(4)17(19)12-15(23-20)14(13-22)7-11-21/h7,11,13,15-17H,5-6,8-10,12H2,1-4H3/b14-7+. The SMILES string of the molecule is CC1(C)CCCC2(C)C1CCC1(C)OC(/C(C=O)=C/C=O)CC12. The Morgan fingerprint density at radius 2 is 1.78 bits per heavy atom. The molecule has 3 aliphatic rings. The number of ether oxygens (including phenoxy) is 1. The van der Waals surface area contributed by atoms with Crippen LogP contribution in [0.3, 0.4) is 0 Å². The fourth-order valence-electron chi connectivity index (χ4n) is 6.36. The molecule has 0 aromatic carbocycles. The van der Waals surface area contributed by atoms with Crippen LogP contribution >= 0.6 is 0 Å². The van der Waals surface area contributed by atoms with Gasteiger partial charge in [-0.25, -0.2) is 0 Å². The van der Waals surface area contributed by atoms with Gasteiger partial charge in [-0.3, -0.25) is 9.59 Å². The van der Waals surface area contributed by atoms with E-state index >= 15 is 0 Å². The largest absolute Gasteiger partial charge is 0.367 e. The molecule has 5 unspecified atom stereocenters. The molecule has 3 heteroatoms. The van der Waals surface area contributed by atoms with E-state index in [-0.39, 0.29) is 17.1 Å². The van der Waals surface area contributed by atoms with Crippen molar-refractivity contribution in [3.63, 3.8) is 0 Å². The average Bonchev–Trinajstić information content (AvgIpc) is 2.82. The Hall–Kier alpha value is -0.960. The lowest BCUT2D eigenvalue weighted by atomic mass is 9.45. The van der Waals surface area contributed by atoms with Crippen LogP contribution in [-0.4, -0.2) is 24.3 Å². The van der Waals surface area contributed by atoms with E-state index in [9.17, 15) is 9.59 Å². The molecule has 0 radical (unpaired) electrons. The number of carbonyl (C=O) groups is 2. The quantitative estimate of drug-likeness (QED) is 0.581.